The van der Waals surface area contributed by atoms with Crippen LogP contribution in [0.5, 0.6) is 0 Å². The summed E-state index contributed by atoms with van der Waals surface area (Å²) >= 11 is 0. The predicted molar refractivity (Wildman–Crippen MR) is 70.1 cm³/mol. The molecule has 1 aromatic heterocycles. The number of ether oxygens (including phenoxy) is 1. The van der Waals surface area contributed by atoms with E-state index in [4.69, 9.17) is 9.84 Å². The first kappa shape index (κ1) is 13.3. The van der Waals surface area contributed by atoms with E-state index < -0.39 is 5.97 Å². The average molecular weight is 260 g/mol. The number of carboxylic acids is 1. The lowest BCUT2D eigenvalue weighted by Crippen LogP contribution is -2.04. The highest BCUT2D eigenvalue weighted by Gasteiger charge is 2.10. The zero-order valence-electron chi connectivity index (χ0n) is 11.0. The van der Waals surface area contributed by atoms with Gasteiger partial charge >= 0.3 is 5.97 Å². The van der Waals surface area contributed by atoms with Crippen LogP contribution >= 0.6 is 0 Å². The third-order valence-corrected chi connectivity index (χ3v) is 2.99. The number of rotatable bonds is 5. The number of aromatic nitrogens is 2. The number of methoxy groups -OCH3 is 1. The minimum absolute atomic E-state index is 0.299. The first-order valence-electron chi connectivity index (χ1n) is 5.92. The summed E-state index contributed by atoms with van der Waals surface area (Å²) in [6, 6.07) is 6.94. The lowest BCUT2D eigenvalue weighted by atomic mass is 10.0. The topological polar surface area (TPSA) is 64.4 Å². The molecule has 1 heterocycles. The fraction of sp³-hybridized carbons (Fsp3) is 0.286. The molecule has 19 heavy (non-hydrogen) atoms. The van der Waals surface area contributed by atoms with Crippen molar-refractivity contribution < 1.29 is 14.6 Å². The first-order valence-corrected chi connectivity index (χ1v) is 5.92. The van der Waals surface area contributed by atoms with Crippen LogP contribution in [-0.2, 0) is 24.8 Å². The minimum Gasteiger partial charge on any atom is -0.478 e. The fourth-order valence-electron chi connectivity index (χ4n) is 2.02. The summed E-state index contributed by atoms with van der Waals surface area (Å²) in [4.78, 5) is 11.0. The van der Waals surface area contributed by atoms with Crippen LogP contribution < -0.4 is 0 Å². The van der Waals surface area contributed by atoms with Gasteiger partial charge in [0.15, 0.2) is 0 Å². The summed E-state index contributed by atoms with van der Waals surface area (Å²) in [6.07, 6.45) is 2.41. The van der Waals surface area contributed by atoms with Crippen molar-refractivity contribution in [2.75, 3.05) is 7.11 Å². The van der Waals surface area contributed by atoms with Crippen LogP contribution in [0.1, 0.15) is 27.2 Å². The third-order valence-electron chi connectivity index (χ3n) is 2.99. The fourth-order valence-corrected chi connectivity index (χ4v) is 2.02. The van der Waals surface area contributed by atoms with Gasteiger partial charge in [-0.25, -0.2) is 4.79 Å². The van der Waals surface area contributed by atoms with Crippen molar-refractivity contribution >= 4 is 5.97 Å². The van der Waals surface area contributed by atoms with Crippen molar-refractivity contribution in [3.05, 3.63) is 52.8 Å². The average Bonchev–Trinajstić information content (AvgIpc) is 2.72. The van der Waals surface area contributed by atoms with Gasteiger partial charge < -0.3 is 9.84 Å². The van der Waals surface area contributed by atoms with E-state index in [2.05, 4.69) is 5.10 Å². The molecule has 0 aliphatic rings. The predicted octanol–water partition coefficient (Wildman–Crippen LogP) is 1.86. The molecule has 0 aliphatic carbocycles. The van der Waals surface area contributed by atoms with Crippen molar-refractivity contribution in [1.29, 1.82) is 0 Å². The van der Waals surface area contributed by atoms with Gasteiger partial charge in [-0.05, 0) is 17.7 Å². The molecular weight excluding hydrogens is 244 g/mol. The minimum atomic E-state index is -0.913. The van der Waals surface area contributed by atoms with E-state index in [1.165, 1.54) is 0 Å². The van der Waals surface area contributed by atoms with E-state index in [1.54, 1.807) is 36.2 Å². The van der Waals surface area contributed by atoms with E-state index in [0.29, 0.717) is 18.6 Å². The van der Waals surface area contributed by atoms with E-state index in [9.17, 15) is 4.79 Å². The number of nitrogens with zero attached hydrogens (tertiary/aromatic N) is 2. The van der Waals surface area contributed by atoms with E-state index >= 15 is 0 Å². The molecule has 0 fully saturated rings. The number of carboxylic acid groups (broad SMARTS) is 1. The molecule has 0 aliphatic heterocycles. The van der Waals surface area contributed by atoms with Crippen LogP contribution in [0.4, 0.5) is 0 Å². The van der Waals surface area contributed by atoms with Crippen molar-refractivity contribution in [2.45, 2.75) is 13.0 Å². The van der Waals surface area contributed by atoms with Crippen molar-refractivity contribution in [3.8, 4) is 0 Å². The normalized spacial score (nSPS) is 10.6. The Kier molecular flexibility index (Phi) is 3.97. The Balaban J connectivity index is 2.28. The van der Waals surface area contributed by atoms with Gasteiger partial charge in [-0.1, -0.05) is 12.1 Å². The number of aromatic carboxylic acids is 1. The molecule has 5 heteroatoms. The molecule has 0 amide bonds. The molecule has 1 aromatic carbocycles. The van der Waals surface area contributed by atoms with Gasteiger partial charge in [0.1, 0.15) is 0 Å². The van der Waals surface area contributed by atoms with Crippen LogP contribution in [-0.4, -0.2) is 28.0 Å². The molecule has 0 saturated heterocycles. The summed E-state index contributed by atoms with van der Waals surface area (Å²) in [7, 11) is 3.51. The molecule has 0 saturated carbocycles. The summed E-state index contributed by atoms with van der Waals surface area (Å²) in [5.41, 5.74) is 3.30. The third kappa shape index (κ3) is 3.00. The smallest absolute Gasteiger partial charge is 0.335 e. The maximum absolute atomic E-state index is 11.0. The number of aryl methyl sites for hydroxylation is 1. The molecule has 0 unspecified atom stereocenters. The van der Waals surface area contributed by atoms with Crippen LogP contribution in [0.3, 0.4) is 0 Å². The second kappa shape index (κ2) is 5.67. The summed E-state index contributed by atoms with van der Waals surface area (Å²) in [5, 5.41) is 13.2. The second-order valence-corrected chi connectivity index (χ2v) is 4.36. The Hall–Kier alpha value is -2.14. The molecule has 0 radical (unpaired) electrons. The Morgan fingerprint density at radius 1 is 1.47 bits per heavy atom. The molecule has 0 spiro atoms. The van der Waals surface area contributed by atoms with Crippen LogP contribution in [0.2, 0.25) is 0 Å². The van der Waals surface area contributed by atoms with E-state index in [0.717, 1.165) is 16.8 Å². The zero-order valence-corrected chi connectivity index (χ0v) is 11.0. The second-order valence-electron chi connectivity index (χ2n) is 4.36. The highest BCUT2D eigenvalue weighted by atomic mass is 16.5. The summed E-state index contributed by atoms with van der Waals surface area (Å²) in [6.45, 7) is 0.502. The largest absolute Gasteiger partial charge is 0.478 e. The van der Waals surface area contributed by atoms with Crippen molar-refractivity contribution in [3.63, 3.8) is 0 Å². The highest BCUT2D eigenvalue weighted by molar-refractivity contribution is 5.87. The van der Waals surface area contributed by atoms with Crippen molar-refractivity contribution in [1.82, 2.24) is 9.78 Å². The SMILES string of the molecule is COCc1cnn(C)c1Cc1cccc(C(=O)O)c1. The number of hydrogen-bond acceptors (Lipinski definition) is 3. The maximum atomic E-state index is 11.0. The van der Waals surface area contributed by atoms with Gasteiger partial charge in [0.2, 0.25) is 0 Å². The molecule has 2 aromatic rings. The van der Waals surface area contributed by atoms with Crippen LogP contribution in [0.15, 0.2) is 30.5 Å². The zero-order chi connectivity index (χ0) is 13.8. The Labute approximate surface area is 111 Å². The van der Waals surface area contributed by atoms with Gasteiger partial charge in [0.05, 0.1) is 18.4 Å². The highest BCUT2D eigenvalue weighted by Crippen LogP contribution is 2.15. The van der Waals surface area contributed by atoms with Gasteiger partial charge in [-0.2, -0.15) is 5.10 Å². The quantitative estimate of drug-likeness (QED) is 0.891. The Bertz CT molecular complexity index is 590. The Morgan fingerprint density at radius 2 is 2.26 bits per heavy atom. The van der Waals surface area contributed by atoms with E-state index in [1.807, 2.05) is 13.1 Å². The van der Waals surface area contributed by atoms with Gasteiger partial charge in [0, 0.05) is 31.8 Å². The van der Waals surface area contributed by atoms with E-state index in [-0.39, 0.29) is 0 Å². The Morgan fingerprint density at radius 3 is 2.95 bits per heavy atom. The molecule has 0 atom stereocenters. The van der Waals surface area contributed by atoms with Crippen LogP contribution in [0.25, 0.3) is 0 Å². The number of benzene rings is 1. The molecule has 1 N–H and O–H groups in total. The lowest BCUT2D eigenvalue weighted by molar-refractivity contribution is 0.0697. The first-order chi connectivity index (χ1) is 9.11. The molecule has 5 nitrogen and oxygen atoms in total. The molecule has 2 rings (SSSR count). The standard InChI is InChI=1S/C14H16N2O3/c1-16-13(12(8-15-16)9-19-2)7-10-4-3-5-11(6-10)14(17)18/h3-6,8H,7,9H2,1-2H3,(H,17,18). The van der Waals surface area contributed by atoms with Gasteiger partial charge in [-0.15, -0.1) is 0 Å². The molecule has 100 valence electrons. The maximum Gasteiger partial charge on any atom is 0.335 e. The molecule has 0 bridgehead atoms. The van der Waals surface area contributed by atoms with Gasteiger partial charge in [-0.3, -0.25) is 4.68 Å². The summed E-state index contributed by atoms with van der Waals surface area (Å²) < 4.78 is 6.93. The van der Waals surface area contributed by atoms with Crippen molar-refractivity contribution in [2.24, 2.45) is 7.05 Å². The monoisotopic (exact) mass is 260 g/mol. The lowest BCUT2D eigenvalue weighted by Gasteiger charge is -2.07. The van der Waals surface area contributed by atoms with Crippen LogP contribution in [0, 0.1) is 0 Å². The number of carbonyl (C=O) groups is 1. The van der Waals surface area contributed by atoms with Gasteiger partial charge in [0.25, 0.3) is 0 Å². The number of hydrogen-bond donors (Lipinski definition) is 1. The summed E-state index contributed by atoms with van der Waals surface area (Å²) in [5.74, 6) is -0.913. The molecular formula is C14H16N2O3.